The monoisotopic (exact) mass is 451 g/mol. The molecule has 34 heavy (non-hydrogen) atoms. The molecule has 4 aromatic rings. The van der Waals surface area contributed by atoms with Gasteiger partial charge in [-0.3, -0.25) is 0 Å². The minimum atomic E-state index is -0.234. The maximum Gasteiger partial charge on any atom is 0.123 e. The summed E-state index contributed by atoms with van der Waals surface area (Å²) in [6.45, 7) is 1.34. The van der Waals surface area contributed by atoms with Crippen LogP contribution in [0, 0.1) is 5.82 Å². The van der Waals surface area contributed by atoms with Gasteiger partial charge in [0.2, 0.25) is 0 Å². The van der Waals surface area contributed by atoms with Crippen LogP contribution in [0.15, 0.2) is 97.1 Å². The molecule has 1 heterocycles. The highest BCUT2D eigenvalue weighted by molar-refractivity contribution is 5.92. The van der Waals surface area contributed by atoms with Gasteiger partial charge in [0.05, 0.1) is 7.11 Å². The first-order valence-corrected chi connectivity index (χ1v) is 11.4. The van der Waals surface area contributed by atoms with Gasteiger partial charge in [-0.2, -0.15) is 0 Å². The van der Waals surface area contributed by atoms with Crippen LogP contribution in [-0.2, 0) is 13.0 Å². The number of hydrogen-bond donors (Lipinski definition) is 0. The van der Waals surface area contributed by atoms with Crippen molar-refractivity contribution >= 4 is 17.5 Å². The summed E-state index contributed by atoms with van der Waals surface area (Å²) >= 11 is 0. The molecule has 4 aromatic carbocycles. The summed E-state index contributed by atoms with van der Waals surface area (Å²) in [5.74, 6) is 1.45. The first kappa shape index (κ1) is 21.8. The molecule has 0 N–H and O–H groups in total. The van der Waals surface area contributed by atoms with Crippen molar-refractivity contribution in [3.63, 3.8) is 0 Å². The summed E-state index contributed by atoms with van der Waals surface area (Å²) < 4.78 is 24.9. The Morgan fingerprint density at radius 1 is 0.853 bits per heavy atom. The van der Waals surface area contributed by atoms with Crippen molar-refractivity contribution < 1.29 is 13.9 Å². The zero-order valence-corrected chi connectivity index (χ0v) is 19.1. The summed E-state index contributed by atoms with van der Waals surface area (Å²) in [4.78, 5) is 2.24. The molecule has 1 aliphatic heterocycles. The van der Waals surface area contributed by atoms with Gasteiger partial charge in [-0.1, -0.05) is 42.5 Å². The fourth-order valence-corrected chi connectivity index (χ4v) is 4.26. The van der Waals surface area contributed by atoms with Gasteiger partial charge < -0.3 is 14.4 Å². The van der Waals surface area contributed by atoms with Crippen LogP contribution in [0.2, 0.25) is 0 Å². The van der Waals surface area contributed by atoms with Gasteiger partial charge in [-0.25, -0.2) is 4.39 Å². The number of hydrogen-bond acceptors (Lipinski definition) is 3. The summed E-state index contributed by atoms with van der Waals surface area (Å²) in [6, 6.07) is 31.1. The van der Waals surface area contributed by atoms with Crippen LogP contribution in [0.4, 0.5) is 10.1 Å². The van der Waals surface area contributed by atoms with Gasteiger partial charge in [0.25, 0.3) is 0 Å². The molecular weight excluding hydrogens is 425 g/mol. The quantitative estimate of drug-likeness (QED) is 0.316. The van der Waals surface area contributed by atoms with E-state index < -0.39 is 0 Å². The summed E-state index contributed by atoms with van der Waals surface area (Å²) in [5.41, 5.74) is 6.65. The van der Waals surface area contributed by atoms with E-state index in [-0.39, 0.29) is 5.82 Å². The van der Waals surface area contributed by atoms with E-state index in [9.17, 15) is 4.39 Å². The molecule has 170 valence electrons. The van der Waals surface area contributed by atoms with Crippen molar-refractivity contribution in [1.82, 2.24) is 0 Å². The molecule has 5 rings (SSSR count). The highest BCUT2D eigenvalue weighted by Crippen LogP contribution is 2.36. The number of rotatable bonds is 6. The van der Waals surface area contributed by atoms with E-state index in [1.54, 1.807) is 7.11 Å². The number of ether oxygens (including phenoxy) is 2. The Morgan fingerprint density at radius 3 is 2.32 bits per heavy atom. The molecule has 0 aromatic heterocycles. The third-order valence-electron chi connectivity index (χ3n) is 6.05. The van der Waals surface area contributed by atoms with Gasteiger partial charge >= 0.3 is 0 Å². The molecular formula is C30H26FNO2. The van der Waals surface area contributed by atoms with Crippen LogP contribution >= 0.6 is 0 Å². The van der Waals surface area contributed by atoms with Crippen molar-refractivity contribution in [3.05, 3.63) is 125 Å². The Morgan fingerprint density at radius 2 is 1.59 bits per heavy atom. The van der Waals surface area contributed by atoms with Gasteiger partial charge in [0.1, 0.15) is 23.9 Å². The third-order valence-corrected chi connectivity index (χ3v) is 6.05. The number of fused-ring (bicyclic) bond motifs is 1. The van der Waals surface area contributed by atoms with E-state index in [1.165, 1.54) is 17.7 Å². The van der Waals surface area contributed by atoms with E-state index in [4.69, 9.17) is 9.47 Å². The number of anilines is 1. The Hall–Kier alpha value is -4.05. The zero-order chi connectivity index (χ0) is 23.3. The van der Waals surface area contributed by atoms with Crippen LogP contribution in [-0.4, -0.2) is 13.7 Å². The first-order valence-electron chi connectivity index (χ1n) is 11.4. The number of halogens is 1. The van der Waals surface area contributed by atoms with Crippen molar-refractivity contribution in [3.8, 4) is 11.5 Å². The number of nitrogens with zero attached hydrogens (tertiary/aromatic N) is 1. The molecule has 0 fully saturated rings. The van der Waals surface area contributed by atoms with E-state index in [2.05, 4.69) is 47.4 Å². The maximum atomic E-state index is 13.6. The third kappa shape index (κ3) is 4.81. The maximum absolute atomic E-state index is 13.6. The SMILES string of the molecule is COc1ccc2c(c1)CCN(c1ccc(F)cc1)C2=Cc1ccc(OCc2ccccc2)cc1. The topological polar surface area (TPSA) is 21.7 Å². The van der Waals surface area contributed by atoms with Crippen LogP contribution in [0.25, 0.3) is 11.8 Å². The Kier molecular flexibility index (Phi) is 6.30. The Balaban J connectivity index is 1.45. The average molecular weight is 452 g/mol. The standard InChI is InChI=1S/C30H26FNO2/c1-33-28-15-16-29-24(20-28)17-18-32(26-11-9-25(31)10-12-26)30(29)19-22-7-13-27(14-8-22)34-21-23-5-3-2-4-6-23/h2-16,19-20H,17-18,21H2,1H3. The van der Waals surface area contributed by atoms with Crippen LogP contribution in [0.1, 0.15) is 22.3 Å². The minimum Gasteiger partial charge on any atom is -0.497 e. The second-order valence-corrected chi connectivity index (χ2v) is 8.27. The summed E-state index contributed by atoms with van der Waals surface area (Å²) in [5, 5.41) is 0. The molecule has 0 spiro atoms. The molecule has 0 atom stereocenters. The molecule has 0 saturated carbocycles. The number of methoxy groups -OCH3 is 1. The molecule has 4 heteroatoms. The van der Waals surface area contributed by atoms with Crippen LogP contribution in [0.3, 0.4) is 0 Å². The van der Waals surface area contributed by atoms with Gasteiger partial charge in [-0.05, 0) is 83.8 Å². The van der Waals surface area contributed by atoms with Crippen LogP contribution < -0.4 is 14.4 Å². The second-order valence-electron chi connectivity index (χ2n) is 8.27. The van der Waals surface area contributed by atoms with E-state index >= 15 is 0 Å². The predicted molar refractivity (Wildman–Crippen MR) is 136 cm³/mol. The lowest BCUT2D eigenvalue weighted by Gasteiger charge is -2.34. The lowest BCUT2D eigenvalue weighted by molar-refractivity contribution is 0.306. The molecule has 3 nitrogen and oxygen atoms in total. The molecule has 0 saturated heterocycles. The average Bonchev–Trinajstić information content (AvgIpc) is 2.89. The van der Waals surface area contributed by atoms with Gasteiger partial charge in [-0.15, -0.1) is 0 Å². The lowest BCUT2D eigenvalue weighted by Crippen LogP contribution is -2.29. The first-order chi connectivity index (χ1) is 16.7. The predicted octanol–water partition coefficient (Wildman–Crippen LogP) is 6.97. The van der Waals surface area contributed by atoms with E-state index in [0.29, 0.717) is 6.61 Å². The normalized spacial score (nSPS) is 14.1. The molecule has 0 unspecified atom stereocenters. The van der Waals surface area contributed by atoms with Crippen molar-refractivity contribution in [2.24, 2.45) is 0 Å². The smallest absolute Gasteiger partial charge is 0.123 e. The zero-order valence-electron chi connectivity index (χ0n) is 19.1. The largest absolute Gasteiger partial charge is 0.497 e. The van der Waals surface area contributed by atoms with Crippen molar-refractivity contribution in [1.29, 1.82) is 0 Å². The molecule has 0 amide bonds. The highest BCUT2D eigenvalue weighted by atomic mass is 19.1. The summed E-state index contributed by atoms with van der Waals surface area (Å²) in [6.07, 6.45) is 3.06. The summed E-state index contributed by atoms with van der Waals surface area (Å²) in [7, 11) is 1.69. The minimum absolute atomic E-state index is 0.234. The van der Waals surface area contributed by atoms with Crippen LogP contribution in [0.5, 0.6) is 11.5 Å². The molecule has 0 radical (unpaired) electrons. The molecule has 1 aliphatic rings. The lowest BCUT2D eigenvalue weighted by atomic mass is 9.94. The molecule has 0 aliphatic carbocycles. The van der Waals surface area contributed by atoms with Gasteiger partial charge in [0.15, 0.2) is 0 Å². The Bertz CT molecular complexity index is 1280. The molecule has 0 bridgehead atoms. The van der Waals surface area contributed by atoms with Gasteiger partial charge in [0, 0.05) is 23.5 Å². The van der Waals surface area contributed by atoms with E-state index in [0.717, 1.165) is 52.5 Å². The van der Waals surface area contributed by atoms with Crippen molar-refractivity contribution in [2.75, 3.05) is 18.6 Å². The fourth-order valence-electron chi connectivity index (χ4n) is 4.26. The Labute approximate surface area is 199 Å². The van der Waals surface area contributed by atoms with E-state index in [1.807, 2.05) is 48.5 Å². The van der Waals surface area contributed by atoms with Crippen molar-refractivity contribution in [2.45, 2.75) is 13.0 Å². The number of benzene rings is 4. The fraction of sp³-hybridized carbons (Fsp3) is 0.133. The second kappa shape index (κ2) is 9.84. The highest BCUT2D eigenvalue weighted by Gasteiger charge is 2.23.